The Morgan fingerprint density at radius 1 is 1.33 bits per heavy atom. The molecule has 4 nitrogen and oxygen atoms in total. The first-order chi connectivity index (χ1) is 8.40. The zero-order valence-corrected chi connectivity index (χ0v) is 11.5. The topological polar surface area (TPSA) is 61.4 Å². The fourth-order valence-corrected chi connectivity index (χ4v) is 1.74. The van der Waals surface area contributed by atoms with Gasteiger partial charge in [0.25, 0.3) is 0 Å². The van der Waals surface area contributed by atoms with E-state index in [-0.39, 0.29) is 11.7 Å². The molecule has 1 aromatic rings. The number of anilines is 1. The van der Waals surface area contributed by atoms with Crippen molar-refractivity contribution in [2.24, 2.45) is 0 Å². The Hall–Kier alpha value is -1.55. The van der Waals surface area contributed by atoms with Crippen LogP contribution in [0.4, 0.5) is 5.69 Å². The van der Waals surface area contributed by atoms with Crippen LogP contribution in [0.5, 0.6) is 5.75 Å². The lowest BCUT2D eigenvalue weighted by molar-refractivity contribution is -0.116. The van der Waals surface area contributed by atoms with Crippen molar-refractivity contribution in [3.05, 3.63) is 23.3 Å². The predicted octanol–water partition coefficient (Wildman–Crippen LogP) is 2.34. The number of phenols is 1. The Balaban J connectivity index is 2.59. The first-order valence-electron chi connectivity index (χ1n) is 6.23. The van der Waals surface area contributed by atoms with Gasteiger partial charge in [-0.15, -0.1) is 0 Å². The molecule has 0 aliphatic carbocycles. The molecule has 0 aliphatic rings. The van der Waals surface area contributed by atoms with Crippen LogP contribution in [0, 0.1) is 13.8 Å². The van der Waals surface area contributed by atoms with Crippen molar-refractivity contribution in [3.63, 3.8) is 0 Å². The summed E-state index contributed by atoms with van der Waals surface area (Å²) in [7, 11) is 0. The summed E-state index contributed by atoms with van der Waals surface area (Å²) in [6, 6.07) is 4.02. The number of aromatic hydroxyl groups is 1. The average molecular weight is 250 g/mol. The van der Waals surface area contributed by atoms with Gasteiger partial charge in [0.05, 0.1) is 5.69 Å². The van der Waals surface area contributed by atoms with Crippen LogP contribution in [-0.2, 0) is 4.79 Å². The minimum absolute atomic E-state index is 0.0940. The van der Waals surface area contributed by atoms with Crippen LogP contribution in [0.1, 0.15) is 31.4 Å². The Labute approximate surface area is 108 Å². The van der Waals surface area contributed by atoms with E-state index in [0.29, 0.717) is 24.7 Å². The Bertz CT molecular complexity index is 428. The number of carbonyl (C=O) groups excluding carboxylic acids is 1. The Kier molecular flexibility index (Phi) is 5.16. The van der Waals surface area contributed by atoms with E-state index in [2.05, 4.69) is 10.6 Å². The normalized spacial score (nSPS) is 10.7. The van der Waals surface area contributed by atoms with Crippen LogP contribution in [0.3, 0.4) is 0 Å². The second kappa shape index (κ2) is 6.40. The van der Waals surface area contributed by atoms with Crippen molar-refractivity contribution in [1.29, 1.82) is 0 Å². The van der Waals surface area contributed by atoms with Crippen LogP contribution in [0.25, 0.3) is 0 Å². The molecule has 100 valence electrons. The maximum Gasteiger partial charge on any atom is 0.225 e. The SMILES string of the molecule is Cc1cc(C)c(O)c(NC(=O)CCNC(C)C)c1. The fourth-order valence-electron chi connectivity index (χ4n) is 1.74. The van der Waals surface area contributed by atoms with Gasteiger partial charge in [-0.1, -0.05) is 19.9 Å². The highest BCUT2D eigenvalue weighted by Gasteiger charge is 2.09. The molecule has 1 aromatic carbocycles. The van der Waals surface area contributed by atoms with E-state index in [0.717, 1.165) is 11.1 Å². The van der Waals surface area contributed by atoms with Crippen LogP contribution >= 0.6 is 0 Å². The highest BCUT2D eigenvalue weighted by molar-refractivity contribution is 5.92. The number of hydrogen-bond acceptors (Lipinski definition) is 3. The Morgan fingerprint density at radius 3 is 2.61 bits per heavy atom. The molecule has 18 heavy (non-hydrogen) atoms. The zero-order valence-electron chi connectivity index (χ0n) is 11.5. The number of rotatable bonds is 5. The van der Waals surface area contributed by atoms with Crippen LogP contribution in [-0.4, -0.2) is 23.6 Å². The molecule has 3 N–H and O–H groups in total. The number of amides is 1. The van der Waals surface area contributed by atoms with Crippen molar-refractivity contribution in [2.45, 2.75) is 40.2 Å². The van der Waals surface area contributed by atoms with Gasteiger partial charge in [-0.05, 0) is 31.0 Å². The molecule has 4 heteroatoms. The number of benzene rings is 1. The summed E-state index contributed by atoms with van der Waals surface area (Å²) in [5.41, 5.74) is 2.27. The highest BCUT2D eigenvalue weighted by atomic mass is 16.3. The van der Waals surface area contributed by atoms with Gasteiger partial charge < -0.3 is 15.7 Å². The van der Waals surface area contributed by atoms with E-state index >= 15 is 0 Å². The number of phenolic OH excluding ortho intramolecular Hbond substituents is 1. The molecule has 1 rings (SSSR count). The number of hydrogen-bond donors (Lipinski definition) is 3. The quantitative estimate of drug-likeness (QED) is 0.703. The van der Waals surface area contributed by atoms with Crippen molar-refractivity contribution >= 4 is 11.6 Å². The molecule has 0 heterocycles. The standard InChI is InChI=1S/C14H22N2O2/c1-9(2)15-6-5-13(17)16-12-8-10(3)7-11(4)14(12)18/h7-9,15,18H,5-6H2,1-4H3,(H,16,17). The van der Waals surface area contributed by atoms with Crippen molar-refractivity contribution in [2.75, 3.05) is 11.9 Å². The summed E-state index contributed by atoms with van der Waals surface area (Å²) in [5, 5.41) is 15.8. The minimum Gasteiger partial charge on any atom is -0.505 e. The molecule has 0 fully saturated rings. The van der Waals surface area contributed by atoms with E-state index in [4.69, 9.17) is 0 Å². The van der Waals surface area contributed by atoms with E-state index < -0.39 is 0 Å². The number of carbonyl (C=O) groups is 1. The third-order valence-corrected chi connectivity index (χ3v) is 2.62. The third kappa shape index (κ3) is 4.37. The molecule has 0 bridgehead atoms. The molecular weight excluding hydrogens is 228 g/mol. The molecule has 0 atom stereocenters. The first kappa shape index (κ1) is 14.5. The maximum atomic E-state index is 11.7. The molecule has 0 saturated heterocycles. The number of aryl methyl sites for hydroxylation is 2. The average Bonchev–Trinajstić information content (AvgIpc) is 2.24. The maximum absolute atomic E-state index is 11.7. The minimum atomic E-state index is -0.0940. The molecule has 0 aromatic heterocycles. The second-order valence-electron chi connectivity index (χ2n) is 4.88. The monoisotopic (exact) mass is 250 g/mol. The van der Waals surface area contributed by atoms with Gasteiger partial charge in [-0.2, -0.15) is 0 Å². The molecule has 0 unspecified atom stereocenters. The first-order valence-corrected chi connectivity index (χ1v) is 6.23. The van der Waals surface area contributed by atoms with E-state index in [1.807, 2.05) is 33.8 Å². The summed E-state index contributed by atoms with van der Waals surface area (Å²) in [6.45, 7) is 8.46. The second-order valence-corrected chi connectivity index (χ2v) is 4.88. The van der Waals surface area contributed by atoms with Crippen molar-refractivity contribution < 1.29 is 9.90 Å². The molecule has 0 spiro atoms. The van der Waals surface area contributed by atoms with Gasteiger partial charge in [0.1, 0.15) is 5.75 Å². The van der Waals surface area contributed by atoms with Gasteiger partial charge in [0, 0.05) is 19.0 Å². The fraction of sp³-hybridized carbons (Fsp3) is 0.500. The lowest BCUT2D eigenvalue weighted by Crippen LogP contribution is -2.27. The summed E-state index contributed by atoms with van der Waals surface area (Å²) < 4.78 is 0. The smallest absolute Gasteiger partial charge is 0.225 e. The van der Waals surface area contributed by atoms with Gasteiger partial charge in [0.2, 0.25) is 5.91 Å². The largest absolute Gasteiger partial charge is 0.505 e. The van der Waals surface area contributed by atoms with Gasteiger partial charge in [-0.25, -0.2) is 0 Å². The molecule has 0 aliphatic heterocycles. The molecule has 0 radical (unpaired) electrons. The summed E-state index contributed by atoms with van der Waals surface area (Å²) in [4.78, 5) is 11.7. The van der Waals surface area contributed by atoms with Crippen molar-refractivity contribution in [3.8, 4) is 5.75 Å². The lowest BCUT2D eigenvalue weighted by Gasteiger charge is -2.11. The summed E-state index contributed by atoms with van der Waals surface area (Å²) in [6.07, 6.45) is 0.393. The zero-order chi connectivity index (χ0) is 13.7. The molecule has 1 amide bonds. The van der Waals surface area contributed by atoms with E-state index in [9.17, 15) is 9.90 Å². The highest BCUT2D eigenvalue weighted by Crippen LogP contribution is 2.28. The van der Waals surface area contributed by atoms with E-state index in [1.54, 1.807) is 6.07 Å². The van der Waals surface area contributed by atoms with Gasteiger partial charge >= 0.3 is 0 Å². The Morgan fingerprint density at radius 2 is 2.00 bits per heavy atom. The number of nitrogens with one attached hydrogen (secondary N) is 2. The molecule has 0 saturated carbocycles. The van der Waals surface area contributed by atoms with Gasteiger partial charge in [-0.3, -0.25) is 4.79 Å². The third-order valence-electron chi connectivity index (χ3n) is 2.62. The van der Waals surface area contributed by atoms with Crippen molar-refractivity contribution in [1.82, 2.24) is 5.32 Å². The van der Waals surface area contributed by atoms with Gasteiger partial charge in [0.15, 0.2) is 0 Å². The van der Waals surface area contributed by atoms with Crippen LogP contribution in [0.2, 0.25) is 0 Å². The lowest BCUT2D eigenvalue weighted by atomic mass is 10.1. The summed E-state index contributed by atoms with van der Waals surface area (Å²) in [5.74, 6) is 0.0502. The predicted molar refractivity (Wildman–Crippen MR) is 74.0 cm³/mol. The molecular formula is C14H22N2O2. The van der Waals surface area contributed by atoms with E-state index in [1.165, 1.54) is 0 Å². The van der Waals surface area contributed by atoms with Crippen LogP contribution in [0.15, 0.2) is 12.1 Å². The summed E-state index contributed by atoms with van der Waals surface area (Å²) >= 11 is 0. The van der Waals surface area contributed by atoms with Crippen LogP contribution < -0.4 is 10.6 Å².